The van der Waals surface area contributed by atoms with Crippen molar-refractivity contribution in [1.82, 2.24) is 19.5 Å². The van der Waals surface area contributed by atoms with E-state index in [0.717, 1.165) is 37.3 Å². The number of anilines is 2. The molecule has 0 bridgehead atoms. The number of carbonyl (C=O) groups excluding carboxylic acids is 1. The Hall–Kier alpha value is -2.44. The number of rotatable bonds is 1. The van der Waals surface area contributed by atoms with Crippen molar-refractivity contribution >= 4 is 17.4 Å². The van der Waals surface area contributed by atoms with Gasteiger partial charge < -0.3 is 9.80 Å². The molecule has 0 saturated carbocycles. The van der Waals surface area contributed by atoms with Gasteiger partial charge in [-0.05, 0) is 19.3 Å². The first-order valence-corrected chi connectivity index (χ1v) is 7.15. The lowest BCUT2D eigenvalue weighted by Crippen LogP contribution is -2.54. The van der Waals surface area contributed by atoms with Gasteiger partial charge in [0.15, 0.2) is 5.82 Å². The average molecular weight is 284 g/mol. The molecule has 0 aromatic carbocycles. The first-order valence-electron chi connectivity index (χ1n) is 7.15. The van der Waals surface area contributed by atoms with Crippen molar-refractivity contribution in [3.05, 3.63) is 24.9 Å². The van der Waals surface area contributed by atoms with Crippen molar-refractivity contribution in [2.24, 2.45) is 0 Å². The third-order valence-electron chi connectivity index (χ3n) is 4.22. The minimum atomic E-state index is -0.0817. The number of aromatic nitrogens is 4. The molecule has 7 heteroatoms. The summed E-state index contributed by atoms with van der Waals surface area (Å²) in [6.07, 6.45) is 9.99. The lowest BCUT2D eigenvalue weighted by atomic mass is 9.98. The van der Waals surface area contributed by atoms with Gasteiger partial charge >= 0.3 is 0 Å². The van der Waals surface area contributed by atoms with Crippen molar-refractivity contribution in [2.45, 2.75) is 25.3 Å². The van der Waals surface area contributed by atoms with Crippen LogP contribution in [-0.4, -0.2) is 45.1 Å². The molecule has 4 rings (SSSR count). The third kappa shape index (κ3) is 1.80. The van der Waals surface area contributed by atoms with Gasteiger partial charge in [0.25, 0.3) is 0 Å². The fraction of sp³-hybridized carbons (Fsp3) is 0.429. The van der Waals surface area contributed by atoms with Crippen LogP contribution in [0.3, 0.4) is 0 Å². The lowest BCUT2D eigenvalue weighted by Gasteiger charge is -2.43. The van der Waals surface area contributed by atoms with Crippen LogP contribution in [0.2, 0.25) is 0 Å². The summed E-state index contributed by atoms with van der Waals surface area (Å²) in [6.45, 7) is 0.873. The number of hydrogen-bond donors (Lipinski definition) is 0. The summed E-state index contributed by atoms with van der Waals surface area (Å²) >= 11 is 0. The molecule has 108 valence electrons. The van der Waals surface area contributed by atoms with Crippen LogP contribution in [0.1, 0.15) is 19.3 Å². The maximum absolute atomic E-state index is 12.4. The molecule has 0 radical (unpaired) electrons. The third-order valence-corrected chi connectivity index (χ3v) is 4.22. The minimum Gasteiger partial charge on any atom is -0.343 e. The number of carbonyl (C=O) groups is 1. The van der Waals surface area contributed by atoms with Gasteiger partial charge in [0.1, 0.15) is 18.1 Å². The van der Waals surface area contributed by atoms with E-state index >= 15 is 0 Å². The smallest absolute Gasteiger partial charge is 0.249 e. The van der Waals surface area contributed by atoms with E-state index in [1.165, 1.54) is 0 Å². The largest absolute Gasteiger partial charge is 0.343 e. The first kappa shape index (κ1) is 12.3. The summed E-state index contributed by atoms with van der Waals surface area (Å²) in [7, 11) is 1.80. The molecule has 1 atom stereocenters. The van der Waals surface area contributed by atoms with Crippen LogP contribution in [0, 0.1) is 0 Å². The Morgan fingerprint density at radius 1 is 1.33 bits per heavy atom. The number of piperidine rings is 1. The number of imidazole rings is 1. The Morgan fingerprint density at radius 3 is 3.05 bits per heavy atom. The molecule has 4 heterocycles. The zero-order chi connectivity index (χ0) is 14.4. The molecule has 21 heavy (non-hydrogen) atoms. The standard InChI is InChI=1S/C14H16N6O/c1-18-11-8-16-14(19-7-5-15-9-19)17-12(11)20-6-3-2-4-10(20)13(18)21/h5,7-10H,2-4,6H2,1H3. The van der Waals surface area contributed by atoms with Crippen LogP contribution < -0.4 is 9.80 Å². The van der Waals surface area contributed by atoms with Crippen molar-refractivity contribution < 1.29 is 4.79 Å². The molecule has 2 aliphatic rings. The highest BCUT2D eigenvalue weighted by atomic mass is 16.2. The second-order valence-corrected chi connectivity index (χ2v) is 5.45. The zero-order valence-electron chi connectivity index (χ0n) is 11.8. The van der Waals surface area contributed by atoms with Gasteiger partial charge in [-0.2, -0.15) is 4.98 Å². The van der Waals surface area contributed by atoms with E-state index < -0.39 is 0 Å². The van der Waals surface area contributed by atoms with E-state index in [1.807, 2.05) is 6.20 Å². The van der Waals surface area contributed by atoms with Crippen LogP contribution >= 0.6 is 0 Å². The molecule has 0 N–H and O–H groups in total. The molecule has 1 amide bonds. The molecule has 0 spiro atoms. The quantitative estimate of drug-likeness (QED) is 0.781. The molecular formula is C14H16N6O. The number of likely N-dealkylation sites (N-methyl/N-ethyl adjacent to an activating group) is 1. The van der Waals surface area contributed by atoms with Crippen LogP contribution in [-0.2, 0) is 4.79 Å². The number of nitrogens with zero attached hydrogens (tertiary/aromatic N) is 6. The van der Waals surface area contributed by atoms with Gasteiger partial charge in [-0.25, -0.2) is 9.97 Å². The summed E-state index contributed by atoms with van der Waals surface area (Å²) in [5.74, 6) is 1.57. The Kier molecular flexibility index (Phi) is 2.66. The Morgan fingerprint density at radius 2 is 2.24 bits per heavy atom. The highest BCUT2D eigenvalue weighted by Crippen LogP contribution is 2.36. The fourth-order valence-corrected chi connectivity index (χ4v) is 3.09. The van der Waals surface area contributed by atoms with Crippen molar-refractivity contribution in [1.29, 1.82) is 0 Å². The van der Waals surface area contributed by atoms with Crippen molar-refractivity contribution in [3.8, 4) is 5.95 Å². The molecule has 1 fully saturated rings. The lowest BCUT2D eigenvalue weighted by molar-refractivity contribution is -0.120. The molecule has 2 aromatic heterocycles. The van der Waals surface area contributed by atoms with Crippen molar-refractivity contribution in [2.75, 3.05) is 23.4 Å². The molecule has 0 aliphatic carbocycles. The average Bonchev–Trinajstić information content (AvgIpc) is 3.06. The van der Waals surface area contributed by atoms with Gasteiger partial charge in [0.2, 0.25) is 11.9 Å². The van der Waals surface area contributed by atoms with Crippen LogP contribution in [0.25, 0.3) is 5.95 Å². The van der Waals surface area contributed by atoms with E-state index in [2.05, 4.69) is 19.9 Å². The molecule has 2 aliphatic heterocycles. The number of amides is 1. The molecule has 7 nitrogen and oxygen atoms in total. The van der Waals surface area contributed by atoms with Gasteiger partial charge in [0.05, 0.1) is 6.20 Å². The normalized spacial score (nSPS) is 21.2. The second kappa shape index (κ2) is 4.54. The van der Waals surface area contributed by atoms with Gasteiger partial charge in [0, 0.05) is 26.0 Å². The highest BCUT2D eigenvalue weighted by molar-refractivity contribution is 6.04. The van der Waals surface area contributed by atoms with Crippen LogP contribution in [0.5, 0.6) is 0 Å². The van der Waals surface area contributed by atoms with E-state index in [9.17, 15) is 4.79 Å². The monoisotopic (exact) mass is 284 g/mol. The molecule has 2 aromatic rings. The van der Waals surface area contributed by atoms with E-state index in [0.29, 0.717) is 5.95 Å². The van der Waals surface area contributed by atoms with Gasteiger partial charge in [-0.3, -0.25) is 9.36 Å². The van der Waals surface area contributed by atoms with E-state index in [-0.39, 0.29) is 11.9 Å². The number of hydrogen-bond acceptors (Lipinski definition) is 5. The summed E-state index contributed by atoms with van der Waals surface area (Å²) in [5, 5.41) is 0. The molecular weight excluding hydrogens is 268 g/mol. The van der Waals surface area contributed by atoms with E-state index in [4.69, 9.17) is 0 Å². The van der Waals surface area contributed by atoms with Crippen molar-refractivity contribution in [3.63, 3.8) is 0 Å². The predicted octanol–water partition coefficient (Wildman–Crippen LogP) is 0.998. The fourth-order valence-electron chi connectivity index (χ4n) is 3.09. The Bertz CT molecular complexity index is 683. The molecule has 1 unspecified atom stereocenters. The van der Waals surface area contributed by atoms with Crippen LogP contribution in [0.15, 0.2) is 24.9 Å². The van der Waals surface area contributed by atoms with Gasteiger partial charge in [-0.1, -0.05) is 0 Å². The molecule has 1 saturated heterocycles. The topological polar surface area (TPSA) is 67.2 Å². The summed E-state index contributed by atoms with van der Waals surface area (Å²) in [4.78, 5) is 29.3. The predicted molar refractivity (Wildman–Crippen MR) is 77.5 cm³/mol. The van der Waals surface area contributed by atoms with Crippen LogP contribution in [0.4, 0.5) is 11.5 Å². The Labute approximate surface area is 122 Å². The first-order chi connectivity index (χ1) is 10.3. The Balaban J connectivity index is 1.84. The highest BCUT2D eigenvalue weighted by Gasteiger charge is 2.39. The van der Waals surface area contributed by atoms with E-state index in [1.54, 1.807) is 35.2 Å². The summed E-state index contributed by atoms with van der Waals surface area (Å²) in [5.41, 5.74) is 0.780. The SMILES string of the molecule is CN1C(=O)C2CCCCN2c2nc(-n3ccnc3)ncc21. The maximum atomic E-state index is 12.4. The summed E-state index contributed by atoms with van der Waals surface area (Å²) < 4.78 is 1.77. The second-order valence-electron chi connectivity index (χ2n) is 5.45. The van der Waals surface area contributed by atoms with Gasteiger partial charge in [-0.15, -0.1) is 0 Å². The minimum absolute atomic E-state index is 0.0817. The maximum Gasteiger partial charge on any atom is 0.249 e. The summed E-state index contributed by atoms with van der Waals surface area (Å²) in [6, 6.07) is -0.0817. The zero-order valence-corrected chi connectivity index (χ0v) is 11.8. The number of fused-ring (bicyclic) bond motifs is 3.